The van der Waals surface area contributed by atoms with Gasteiger partial charge in [-0.1, -0.05) is 26.7 Å². The minimum atomic E-state index is 0.389. The molecule has 1 atom stereocenters. The predicted octanol–water partition coefficient (Wildman–Crippen LogP) is 3.20. The number of rotatable bonds is 3. The highest BCUT2D eigenvalue weighted by molar-refractivity contribution is 4.90. The Balaban J connectivity index is 2.51. The van der Waals surface area contributed by atoms with Crippen LogP contribution in [0.1, 0.15) is 52.9 Å². The van der Waals surface area contributed by atoms with E-state index < -0.39 is 0 Å². The van der Waals surface area contributed by atoms with Crippen molar-refractivity contribution in [3.63, 3.8) is 0 Å². The highest BCUT2D eigenvalue weighted by Gasteiger charge is 2.32. The molecule has 0 saturated heterocycles. The summed E-state index contributed by atoms with van der Waals surface area (Å²) in [4.78, 5) is 0. The normalized spacial score (nSPS) is 34.2. The van der Waals surface area contributed by atoms with E-state index in [9.17, 15) is 0 Å². The summed E-state index contributed by atoms with van der Waals surface area (Å²) in [5.41, 5.74) is 0.389. The molecule has 0 amide bonds. The summed E-state index contributed by atoms with van der Waals surface area (Å²) in [5, 5.41) is 3.51. The van der Waals surface area contributed by atoms with Gasteiger partial charge in [-0.15, -0.1) is 0 Å². The summed E-state index contributed by atoms with van der Waals surface area (Å²) in [6.07, 6.45) is 6.96. The molecule has 0 aliphatic heterocycles. The minimum absolute atomic E-state index is 0.389. The lowest BCUT2D eigenvalue weighted by molar-refractivity contribution is 0.159. The van der Waals surface area contributed by atoms with Gasteiger partial charge in [0.25, 0.3) is 0 Å². The Labute approximate surface area is 83.3 Å². The lowest BCUT2D eigenvalue weighted by Crippen LogP contribution is -2.47. The molecule has 1 rings (SSSR count). The maximum Gasteiger partial charge on any atom is 0.0175 e. The van der Waals surface area contributed by atoms with E-state index >= 15 is 0 Å². The zero-order valence-electron chi connectivity index (χ0n) is 9.69. The van der Waals surface area contributed by atoms with Crippen LogP contribution in [-0.2, 0) is 0 Å². The SMILES string of the molecule is CCC(C)(NC)C1CCC(C)CC1. The Morgan fingerprint density at radius 2 is 1.77 bits per heavy atom. The first-order chi connectivity index (χ1) is 6.12. The van der Waals surface area contributed by atoms with Gasteiger partial charge in [-0.3, -0.25) is 0 Å². The highest BCUT2D eigenvalue weighted by Crippen LogP contribution is 2.36. The maximum atomic E-state index is 3.51. The van der Waals surface area contributed by atoms with E-state index in [1.165, 1.54) is 32.1 Å². The summed E-state index contributed by atoms with van der Waals surface area (Å²) < 4.78 is 0. The Kier molecular flexibility index (Phi) is 3.78. The molecule has 1 saturated carbocycles. The second-order valence-corrected chi connectivity index (χ2v) is 4.98. The van der Waals surface area contributed by atoms with Crippen LogP contribution in [0.5, 0.6) is 0 Å². The molecule has 0 heterocycles. The summed E-state index contributed by atoms with van der Waals surface area (Å²) in [5.74, 6) is 1.87. The maximum absolute atomic E-state index is 3.51. The first-order valence-electron chi connectivity index (χ1n) is 5.81. The third-order valence-electron chi connectivity index (χ3n) is 4.22. The molecule has 78 valence electrons. The Bertz CT molecular complexity index is 141. The number of nitrogens with one attached hydrogen (secondary N) is 1. The van der Waals surface area contributed by atoms with Gasteiger partial charge in [-0.05, 0) is 45.1 Å². The molecule has 0 bridgehead atoms. The first-order valence-corrected chi connectivity index (χ1v) is 5.81. The molecule has 1 aliphatic rings. The zero-order valence-corrected chi connectivity index (χ0v) is 9.69. The van der Waals surface area contributed by atoms with Crippen molar-refractivity contribution in [2.45, 2.75) is 58.4 Å². The second kappa shape index (κ2) is 4.45. The monoisotopic (exact) mass is 183 g/mol. The molecular weight excluding hydrogens is 158 g/mol. The molecule has 0 spiro atoms. The van der Waals surface area contributed by atoms with Gasteiger partial charge in [0.05, 0.1) is 0 Å². The van der Waals surface area contributed by atoms with Crippen molar-refractivity contribution >= 4 is 0 Å². The van der Waals surface area contributed by atoms with Crippen molar-refractivity contribution < 1.29 is 0 Å². The Morgan fingerprint density at radius 3 is 2.15 bits per heavy atom. The summed E-state index contributed by atoms with van der Waals surface area (Å²) in [6.45, 7) is 7.07. The molecule has 0 aromatic heterocycles. The predicted molar refractivity (Wildman–Crippen MR) is 58.9 cm³/mol. The van der Waals surface area contributed by atoms with Gasteiger partial charge in [0.15, 0.2) is 0 Å². The first kappa shape index (κ1) is 11.0. The molecule has 1 aliphatic carbocycles. The van der Waals surface area contributed by atoms with Gasteiger partial charge < -0.3 is 5.32 Å². The molecule has 1 nitrogen and oxygen atoms in total. The van der Waals surface area contributed by atoms with Crippen molar-refractivity contribution in [1.29, 1.82) is 0 Å². The van der Waals surface area contributed by atoms with Crippen molar-refractivity contribution in [1.82, 2.24) is 5.32 Å². The summed E-state index contributed by atoms with van der Waals surface area (Å²) in [6, 6.07) is 0. The molecule has 1 fully saturated rings. The lowest BCUT2D eigenvalue weighted by atomic mass is 9.72. The largest absolute Gasteiger partial charge is 0.314 e. The van der Waals surface area contributed by atoms with Crippen LogP contribution in [0, 0.1) is 11.8 Å². The van der Waals surface area contributed by atoms with E-state index in [0.29, 0.717) is 5.54 Å². The number of hydrogen-bond acceptors (Lipinski definition) is 1. The minimum Gasteiger partial charge on any atom is -0.314 e. The Morgan fingerprint density at radius 1 is 1.23 bits per heavy atom. The van der Waals surface area contributed by atoms with Crippen molar-refractivity contribution in [3.8, 4) is 0 Å². The van der Waals surface area contributed by atoms with Crippen molar-refractivity contribution in [2.24, 2.45) is 11.8 Å². The highest BCUT2D eigenvalue weighted by atomic mass is 14.9. The van der Waals surface area contributed by atoms with Crippen molar-refractivity contribution in [2.75, 3.05) is 7.05 Å². The molecule has 0 radical (unpaired) electrons. The van der Waals surface area contributed by atoms with Crippen LogP contribution >= 0.6 is 0 Å². The topological polar surface area (TPSA) is 12.0 Å². The van der Waals surface area contributed by atoms with E-state index in [1.807, 2.05) is 0 Å². The fourth-order valence-corrected chi connectivity index (χ4v) is 2.57. The third-order valence-corrected chi connectivity index (χ3v) is 4.22. The van der Waals surface area contributed by atoms with Gasteiger partial charge in [0.1, 0.15) is 0 Å². The molecule has 1 heteroatoms. The fraction of sp³-hybridized carbons (Fsp3) is 1.00. The van der Waals surface area contributed by atoms with Gasteiger partial charge in [0.2, 0.25) is 0 Å². The standard InChI is InChI=1S/C12H25N/c1-5-12(3,13-4)11-8-6-10(2)7-9-11/h10-11,13H,5-9H2,1-4H3. The van der Waals surface area contributed by atoms with E-state index in [2.05, 4.69) is 33.1 Å². The molecule has 13 heavy (non-hydrogen) atoms. The van der Waals surface area contributed by atoms with E-state index in [4.69, 9.17) is 0 Å². The summed E-state index contributed by atoms with van der Waals surface area (Å²) in [7, 11) is 2.11. The molecule has 0 aromatic rings. The Hall–Kier alpha value is -0.0400. The van der Waals surface area contributed by atoms with Gasteiger partial charge in [0, 0.05) is 5.54 Å². The van der Waals surface area contributed by atoms with Crippen LogP contribution in [-0.4, -0.2) is 12.6 Å². The van der Waals surface area contributed by atoms with Crippen molar-refractivity contribution in [3.05, 3.63) is 0 Å². The van der Waals surface area contributed by atoms with Crippen LogP contribution in [0.15, 0.2) is 0 Å². The van der Waals surface area contributed by atoms with Crippen LogP contribution in [0.4, 0.5) is 0 Å². The average molecular weight is 183 g/mol. The van der Waals surface area contributed by atoms with E-state index in [-0.39, 0.29) is 0 Å². The van der Waals surface area contributed by atoms with E-state index in [1.54, 1.807) is 0 Å². The van der Waals surface area contributed by atoms with Gasteiger partial charge in [-0.25, -0.2) is 0 Å². The van der Waals surface area contributed by atoms with Gasteiger partial charge >= 0.3 is 0 Å². The zero-order chi connectivity index (χ0) is 9.90. The van der Waals surface area contributed by atoms with Crippen LogP contribution in [0.25, 0.3) is 0 Å². The molecular formula is C12H25N. The average Bonchev–Trinajstić information content (AvgIpc) is 2.18. The van der Waals surface area contributed by atoms with Crippen LogP contribution < -0.4 is 5.32 Å². The lowest BCUT2D eigenvalue weighted by Gasteiger charge is -2.40. The number of hydrogen-bond donors (Lipinski definition) is 1. The third kappa shape index (κ3) is 2.46. The molecule has 1 unspecified atom stereocenters. The van der Waals surface area contributed by atoms with E-state index in [0.717, 1.165) is 11.8 Å². The van der Waals surface area contributed by atoms with Crippen LogP contribution in [0.3, 0.4) is 0 Å². The summed E-state index contributed by atoms with van der Waals surface area (Å²) >= 11 is 0. The molecule has 0 aromatic carbocycles. The second-order valence-electron chi connectivity index (χ2n) is 4.98. The quantitative estimate of drug-likeness (QED) is 0.708. The molecule has 1 N–H and O–H groups in total. The van der Waals surface area contributed by atoms with Gasteiger partial charge in [-0.2, -0.15) is 0 Å². The van der Waals surface area contributed by atoms with Crippen LogP contribution in [0.2, 0.25) is 0 Å². The smallest absolute Gasteiger partial charge is 0.0175 e. The fourth-order valence-electron chi connectivity index (χ4n) is 2.57.